The number of allylic oxidation sites excluding steroid dienone is 1. The van der Waals surface area contributed by atoms with Crippen LogP contribution in [0.3, 0.4) is 0 Å². The van der Waals surface area contributed by atoms with Gasteiger partial charge in [-0.3, -0.25) is 10.2 Å². The maximum atomic E-state index is 13.1. The first-order valence-electron chi connectivity index (χ1n) is 9.32. The van der Waals surface area contributed by atoms with Crippen molar-refractivity contribution < 1.29 is 18.3 Å². The SMILES string of the molecule is CC(=O)Nc1cc(C(C)N2C=C(OCC(C)(F)F)C(C)=CC2C)ccn1.N=C(N)N. The zero-order valence-electron chi connectivity index (χ0n) is 17.9. The summed E-state index contributed by atoms with van der Waals surface area (Å²) in [6, 6.07) is 3.67. The highest BCUT2D eigenvalue weighted by Gasteiger charge is 2.27. The third-order valence-corrected chi connectivity index (χ3v) is 4.12. The van der Waals surface area contributed by atoms with E-state index in [1.54, 1.807) is 18.5 Å². The summed E-state index contributed by atoms with van der Waals surface area (Å²) < 4.78 is 31.6. The predicted octanol–water partition coefficient (Wildman–Crippen LogP) is 3.10. The number of ether oxygens (including phenoxy) is 1. The van der Waals surface area contributed by atoms with Crippen molar-refractivity contribution in [3.63, 3.8) is 0 Å². The number of hydrogen-bond acceptors (Lipinski definition) is 5. The van der Waals surface area contributed by atoms with Crippen LogP contribution in [-0.4, -0.2) is 40.3 Å². The van der Waals surface area contributed by atoms with Gasteiger partial charge in [0.25, 0.3) is 5.92 Å². The molecule has 1 aliphatic rings. The number of hydrogen-bond donors (Lipinski definition) is 4. The number of alkyl halides is 2. The van der Waals surface area contributed by atoms with Gasteiger partial charge in [-0.15, -0.1) is 0 Å². The molecule has 2 heterocycles. The molecule has 0 radical (unpaired) electrons. The Bertz CT molecular complexity index is 816. The number of nitrogens with one attached hydrogen (secondary N) is 2. The first-order chi connectivity index (χ1) is 13.8. The minimum atomic E-state index is -2.89. The topological polar surface area (TPSA) is 130 Å². The van der Waals surface area contributed by atoms with E-state index in [2.05, 4.69) is 21.8 Å². The molecule has 0 saturated carbocycles. The van der Waals surface area contributed by atoms with Crippen molar-refractivity contribution in [3.8, 4) is 0 Å². The van der Waals surface area contributed by atoms with Gasteiger partial charge in [0, 0.05) is 32.3 Å². The van der Waals surface area contributed by atoms with E-state index in [9.17, 15) is 13.6 Å². The van der Waals surface area contributed by atoms with E-state index in [1.165, 1.54) is 6.92 Å². The van der Waals surface area contributed by atoms with E-state index >= 15 is 0 Å². The van der Waals surface area contributed by atoms with Crippen molar-refractivity contribution in [1.82, 2.24) is 9.88 Å². The lowest BCUT2D eigenvalue weighted by Crippen LogP contribution is -2.33. The summed E-state index contributed by atoms with van der Waals surface area (Å²) in [5.41, 5.74) is 10.7. The first-order valence-corrected chi connectivity index (χ1v) is 9.32. The Balaban J connectivity index is 0.00000103. The zero-order chi connectivity index (χ0) is 23.1. The standard InChI is InChI=1S/C19H25F2N3O2.CH5N3/c1-12-8-13(2)24(10-17(12)26-11-19(5,20)21)14(3)16-6-7-22-18(9-16)23-15(4)25;2-1(3)4/h6-10,13-14H,11H2,1-5H3,(H,22,23,25);(H5,2,3,4). The summed E-state index contributed by atoms with van der Waals surface area (Å²) in [6.45, 7) is 7.47. The Hall–Kier alpha value is -3.17. The maximum absolute atomic E-state index is 13.1. The van der Waals surface area contributed by atoms with E-state index in [0.29, 0.717) is 11.6 Å². The molecule has 1 aliphatic heterocycles. The number of halogens is 2. The first kappa shape index (κ1) is 24.9. The van der Waals surface area contributed by atoms with Crippen molar-refractivity contribution in [1.29, 1.82) is 5.41 Å². The van der Waals surface area contributed by atoms with Gasteiger partial charge >= 0.3 is 0 Å². The molecular weight excluding hydrogens is 394 g/mol. The number of pyridine rings is 1. The van der Waals surface area contributed by atoms with E-state index in [4.69, 9.17) is 10.1 Å². The zero-order valence-corrected chi connectivity index (χ0v) is 17.9. The molecule has 0 saturated heterocycles. The molecule has 8 nitrogen and oxygen atoms in total. The lowest BCUT2D eigenvalue weighted by atomic mass is 10.0. The Morgan fingerprint density at radius 1 is 1.47 bits per heavy atom. The Morgan fingerprint density at radius 2 is 2.07 bits per heavy atom. The molecule has 0 bridgehead atoms. The lowest BCUT2D eigenvalue weighted by molar-refractivity contribution is -0.114. The number of guanidine groups is 1. The van der Waals surface area contributed by atoms with Gasteiger partial charge in [0.15, 0.2) is 12.6 Å². The predicted molar refractivity (Wildman–Crippen MR) is 113 cm³/mol. The summed E-state index contributed by atoms with van der Waals surface area (Å²) in [5.74, 6) is -2.50. The molecule has 2 atom stereocenters. The van der Waals surface area contributed by atoms with Crippen LogP contribution < -0.4 is 16.8 Å². The molecule has 6 N–H and O–H groups in total. The van der Waals surface area contributed by atoms with Crippen molar-refractivity contribution in [2.45, 2.75) is 52.6 Å². The second-order valence-electron chi connectivity index (χ2n) is 7.18. The smallest absolute Gasteiger partial charge is 0.278 e. The summed E-state index contributed by atoms with van der Waals surface area (Å²) in [7, 11) is 0. The van der Waals surface area contributed by atoms with E-state index < -0.39 is 12.5 Å². The fourth-order valence-electron chi connectivity index (χ4n) is 2.83. The minimum Gasteiger partial charge on any atom is -0.486 e. The fraction of sp³-hybridized carbons (Fsp3) is 0.450. The monoisotopic (exact) mass is 424 g/mol. The average molecular weight is 424 g/mol. The highest BCUT2D eigenvalue weighted by molar-refractivity contribution is 5.87. The van der Waals surface area contributed by atoms with Crippen molar-refractivity contribution in [2.75, 3.05) is 11.9 Å². The molecule has 0 fully saturated rings. The highest BCUT2D eigenvalue weighted by atomic mass is 19.3. The molecule has 0 spiro atoms. The van der Waals surface area contributed by atoms with Crippen LogP contribution >= 0.6 is 0 Å². The molecule has 0 aromatic carbocycles. The van der Waals surface area contributed by atoms with Crippen LogP contribution in [0.25, 0.3) is 0 Å². The van der Waals surface area contributed by atoms with Crippen LogP contribution in [-0.2, 0) is 9.53 Å². The molecule has 2 rings (SSSR count). The molecule has 166 valence electrons. The van der Waals surface area contributed by atoms with Crippen LogP contribution in [0.15, 0.2) is 41.9 Å². The van der Waals surface area contributed by atoms with Crippen LogP contribution in [0.5, 0.6) is 0 Å². The van der Waals surface area contributed by atoms with Gasteiger partial charge in [0.05, 0.1) is 6.04 Å². The van der Waals surface area contributed by atoms with Crippen LogP contribution in [0.2, 0.25) is 0 Å². The molecule has 10 heteroatoms. The van der Waals surface area contributed by atoms with Gasteiger partial charge in [-0.1, -0.05) is 6.08 Å². The van der Waals surface area contributed by atoms with Gasteiger partial charge in [0.1, 0.15) is 11.6 Å². The molecule has 0 aliphatic carbocycles. The number of carbonyl (C=O) groups excluding carboxylic acids is 1. The number of nitrogens with two attached hydrogens (primary N) is 2. The third-order valence-electron chi connectivity index (χ3n) is 4.12. The normalized spacial score (nSPS) is 17.0. The number of carbonyl (C=O) groups is 1. The van der Waals surface area contributed by atoms with Gasteiger partial charge < -0.3 is 26.4 Å². The van der Waals surface area contributed by atoms with E-state index in [1.807, 2.05) is 37.8 Å². The molecule has 1 amide bonds. The second kappa shape index (κ2) is 10.6. The van der Waals surface area contributed by atoms with E-state index in [-0.39, 0.29) is 24.0 Å². The number of amides is 1. The summed E-state index contributed by atoms with van der Waals surface area (Å²) in [4.78, 5) is 17.4. The maximum Gasteiger partial charge on any atom is 0.278 e. The van der Waals surface area contributed by atoms with Gasteiger partial charge in [-0.25, -0.2) is 13.8 Å². The van der Waals surface area contributed by atoms with Crippen molar-refractivity contribution in [2.24, 2.45) is 11.5 Å². The van der Waals surface area contributed by atoms with Crippen molar-refractivity contribution in [3.05, 3.63) is 47.5 Å². The summed E-state index contributed by atoms with van der Waals surface area (Å²) >= 11 is 0. The second-order valence-corrected chi connectivity index (χ2v) is 7.18. The molecular formula is C20H30F2N6O2. The average Bonchev–Trinajstić information content (AvgIpc) is 2.59. The molecule has 2 unspecified atom stereocenters. The molecule has 1 aromatic rings. The van der Waals surface area contributed by atoms with Crippen LogP contribution in [0, 0.1) is 5.41 Å². The fourth-order valence-corrected chi connectivity index (χ4v) is 2.83. The van der Waals surface area contributed by atoms with Crippen molar-refractivity contribution >= 4 is 17.7 Å². The van der Waals surface area contributed by atoms with Crippen LogP contribution in [0.1, 0.15) is 46.2 Å². The molecule has 30 heavy (non-hydrogen) atoms. The van der Waals surface area contributed by atoms with Gasteiger partial charge in [-0.2, -0.15) is 0 Å². The van der Waals surface area contributed by atoms with Gasteiger partial charge in [-0.05, 0) is 44.0 Å². The quantitative estimate of drug-likeness (QED) is 0.410. The van der Waals surface area contributed by atoms with Crippen LogP contribution in [0.4, 0.5) is 14.6 Å². The third kappa shape index (κ3) is 8.46. The minimum absolute atomic E-state index is 0.0643. The Labute approximate surface area is 175 Å². The Morgan fingerprint density at radius 3 is 2.60 bits per heavy atom. The number of aromatic nitrogens is 1. The highest BCUT2D eigenvalue weighted by Crippen LogP contribution is 2.31. The number of anilines is 1. The summed E-state index contributed by atoms with van der Waals surface area (Å²) in [5, 5.41) is 8.72. The summed E-state index contributed by atoms with van der Waals surface area (Å²) in [6.07, 6.45) is 5.38. The van der Waals surface area contributed by atoms with E-state index in [0.717, 1.165) is 18.1 Å². The largest absolute Gasteiger partial charge is 0.486 e. The number of nitrogens with zero attached hydrogens (tertiary/aromatic N) is 2. The Kier molecular flexibility index (Phi) is 8.75. The molecule has 1 aromatic heterocycles. The van der Waals surface area contributed by atoms with Gasteiger partial charge in [0.2, 0.25) is 5.91 Å². The lowest BCUT2D eigenvalue weighted by Gasteiger charge is -2.36. The number of rotatable bonds is 6.